The maximum Gasteiger partial charge on any atom is 0.501 e. The number of nitrogens with zero attached hydrogens (tertiary/aromatic N) is 2. The Labute approximate surface area is 158 Å². The van der Waals surface area contributed by atoms with Gasteiger partial charge in [0.05, 0.1) is 24.7 Å². The first-order valence-corrected chi connectivity index (χ1v) is 10.5. The van der Waals surface area contributed by atoms with Crippen molar-refractivity contribution in [2.24, 2.45) is 5.41 Å². The second-order valence-electron chi connectivity index (χ2n) is 7.45. The van der Waals surface area contributed by atoms with E-state index in [1.54, 1.807) is 6.92 Å². The molecule has 1 unspecified atom stereocenters. The van der Waals surface area contributed by atoms with Crippen LogP contribution in [0.5, 0.6) is 0 Å². The molecule has 1 atom stereocenters. The fourth-order valence-corrected chi connectivity index (χ4v) is 5.32. The predicted octanol–water partition coefficient (Wildman–Crippen LogP) is 0.675. The second-order valence-corrected chi connectivity index (χ2v) is 9.60. The molecule has 0 aromatic carbocycles. The van der Waals surface area contributed by atoms with Crippen LogP contribution in [0, 0.1) is 5.41 Å². The zero-order valence-corrected chi connectivity index (χ0v) is 16.4. The number of esters is 1. The van der Waals surface area contributed by atoms with Crippen molar-refractivity contribution in [3.63, 3.8) is 0 Å². The number of hydrogen-bond donors (Lipinski definition) is 0. The Bertz CT molecular complexity index is 908. The normalized spacial score (nSPS) is 23.9. The van der Waals surface area contributed by atoms with Crippen LogP contribution < -0.4 is 0 Å². The van der Waals surface area contributed by atoms with E-state index in [2.05, 4.69) is 0 Å². The van der Waals surface area contributed by atoms with Gasteiger partial charge in [-0.2, -0.15) is 9.37 Å². The fourth-order valence-electron chi connectivity index (χ4n) is 3.21. The number of carbonyl (C=O) groups is 3. The van der Waals surface area contributed by atoms with Crippen molar-refractivity contribution in [1.82, 2.24) is 4.90 Å². The zero-order chi connectivity index (χ0) is 20.0. The van der Waals surface area contributed by atoms with Crippen LogP contribution in [0.1, 0.15) is 26.7 Å². The predicted molar refractivity (Wildman–Crippen MR) is 97.1 cm³/mol. The summed E-state index contributed by atoms with van der Waals surface area (Å²) in [5, 5.41) is -0.927. The summed E-state index contributed by atoms with van der Waals surface area (Å²) >= 11 is 0. The molecule has 1 saturated carbocycles. The SMILES string of the molecule is CCOC(=O)CN1C(=O)C2=CC(S(=O)(=O)CC3(C)CC3)C=CC2=[N+](C)C1=O. The first-order valence-electron chi connectivity index (χ1n) is 8.82. The summed E-state index contributed by atoms with van der Waals surface area (Å²) in [6, 6.07) is -0.656. The molecule has 1 aliphatic heterocycles. The van der Waals surface area contributed by atoms with Crippen molar-refractivity contribution in [2.45, 2.75) is 31.9 Å². The molecule has 0 saturated heterocycles. The molecule has 3 aliphatic rings. The highest BCUT2D eigenvalue weighted by atomic mass is 32.2. The lowest BCUT2D eigenvalue weighted by Gasteiger charge is -2.24. The third-order valence-corrected chi connectivity index (χ3v) is 7.29. The largest absolute Gasteiger partial charge is 0.501 e. The number of allylic oxidation sites excluding steroid dienone is 1. The van der Waals surface area contributed by atoms with Gasteiger partial charge in [0, 0.05) is 0 Å². The molecule has 9 heteroatoms. The summed E-state index contributed by atoms with van der Waals surface area (Å²) in [7, 11) is -2.00. The highest BCUT2D eigenvalue weighted by Crippen LogP contribution is 2.46. The summed E-state index contributed by atoms with van der Waals surface area (Å²) in [6.07, 6.45) is 6.11. The average molecular weight is 395 g/mol. The van der Waals surface area contributed by atoms with Gasteiger partial charge in [0.2, 0.25) is 0 Å². The van der Waals surface area contributed by atoms with Crippen LogP contribution in [0.3, 0.4) is 0 Å². The minimum atomic E-state index is -3.48. The number of ether oxygens (including phenoxy) is 1. The third kappa shape index (κ3) is 3.73. The lowest BCUT2D eigenvalue weighted by molar-refractivity contribution is -0.402. The van der Waals surface area contributed by atoms with Crippen LogP contribution in [0.2, 0.25) is 0 Å². The number of urea groups is 1. The lowest BCUT2D eigenvalue weighted by Crippen LogP contribution is -2.52. The summed E-state index contributed by atoms with van der Waals surface area (Å²) in [5.74, 6) is -1.33. The molecule has 1 heterocycles. The van der Waals surface area contributed by atoms with Crippen LogP contribution in [-0.4, -0.2) is 72.7 Å². The van der Waals surface area contributed by atoms with E-state index >= 15 is 0 Å². The fraction of sp³-hybridized carbons (Fsp3) is 0.556. The van der Waals surface area contributed by atoms with E-state index in [1.807, 2.05) is 6.92 Å². The molecule has 0 spiro atoms. The highest BCUT2D eigenvalue weighted by Gasteiger charge is 2.47. The van der Waals surface area contributed by atoms with Gasteiger partial charge in [-0.05, 0) is 37.3 Å². The van der Waals surface area contributed by atoms with Gasteiger partial charge in [-0.3, -0.25) is 0 Å². The van der Waals surface area contributed by atoms with Gasteiger partial charge in [0.15, 0.2) is 16.4 Å². The Morgan fingerprint density at radius 2 is 2.04 bits per heavy atom. The van der Waals surface area contributed by atoms with Gasteiger partial charge in [0.25, 0.3) is 0 Å². The number of sulfone groups is 1. The Hall–Kier alpha value is -2.29. The number of hydrogen-bond acceptors (Lipinski definition) is 6. The molecule has 2 aliphatic carbocycles. The summed E-state index contributed by atoms with van der Waals surface area (Å²) < 4.78 is 31.5. The molecule has 27 heavy (non-hydrogen) atoms. The van der Waals surface area contributed by atoms with Gasteiger partial charge in [0.1, 0.15) is 11.3 Å². The van der Waals surface area contributed by atoms with Crippen LogP contribution in [0.4, 0.5) is 4.79 Å². The highest BCUT2D eigenvalue weighted by molar-refractivity contribution is 7.92. The lowest BCUT2D eigenvalue weighted by atomic mass is 10.00. The first kappa shape index (κ1) is 19.5. The van der Waals surface area contributed by atoms with E-state index in [9.17, 15) is 22.8 Å². The Kier molecular flexibility index (Phi) is 4.83. The minimum Gasteiger partial charge on any atom is -0.463 e. The molecular weight excluding hydrogens is 372 g/mol. The standard InChI is InChI=1S/C18H23N2O6S/c1-4-26-15(21)10-20-16(22)13-9-12(5-6-14(13)19(3)17(20)23)27(24,25)11-18(2)7-8-18/h5-6,9,12H,4,7-8,10-11H2,1-3H3/q+1. The van der Waals surface area contributed by atoms with Gasteiger partial charge in [-0.15, -0.1) is 4.90 Å². The van der Waals surface area contributed by atoms with E-state index in [0.717, 1.165) is 17.7 Å². The van der Waals surface area contributed by atoms with Crippen LogP contribution in [0.15, 0.2) is 23.8 Å². The second kappa shape index (κ2) is 6.70. The summed E-state index contributed by atoms with van der Waals surface area (Å²) in [5.41, 5.74) is 0.252. The number of carbonyl (C=O) groups excluding carboxylic acids is 3. The molecule has 0 radical (unpaired) electrons. The van der Waals surface area contributed by atoms with Gasteiger partial charge in [-0.1, -0.05) is 13.0 Å². The van der Waals surface area contributed by atoms with Crippen LogP contribution >= 0.6 is 0 Å². The van der Waals surface area contributed by atoms with Crippen molar-refractivity contribution in [1.29, 1.82) is 0 Å². The molecule has 146 valence electrons. The molecule has 3 rings (SSSR count). The van der Waals surface area contributed by atoms with Crippen molar-refractivity contribution in [3.8, 4) is 0 Å². The van der Waals surface area contributed by atoms with Gasteiger partial charge >= 0.3 is 17.9 Å². The summed E-state index contributed by atoms with van der Waals surface area (Å²) in [6.45, 7) is 3.17. The Morgan fingerprint density at radius 3 is 2.63 bits per heavy atom. The molecule has 3 amide bonds. The minimum absolute atomic E-state index is 0.0591. The van der Waals surface area contributed by atoms with E-state index < -0.39 is 39.5 Å². The number of imide groups is 1. The maximum absolute atomic E-state index is 12.8. The Morgan fingerprint density at radius 1 is 1.37 bits per heavy atom. The number of fused-ring (bicyclic) bond motifs is 1. The topological polar surface area (TPSA) is 101 Å². The van der Waals surface area contributed by atoms with Gasteiger partial charge < -0.3 is 4.74 Å². The van der Waals surface area contributed by atoms with E-state index in [0.29, 0.717) is 5.71 Å². The van der Waals surface area contributed by atoms with E-state index in [4.69, 9.17) is 4.74 Å². The molecule has 0 bridgehead atoms. The average Bonchev–Trinajstić information content (AvgIpc) is 3.32. The van der Waals surface area contributed by atoms with Gasteiger partial charge in [-0.25, -0.2) is 18.0 Å². The van der Waals surface area contributed by atoms with Crippen molar-refractivity contribution in [3.05, 3.63) is 23.8 Å². The van der Waals surface area contributed by atoms with Crippen molar-refractivity contribution < 1.29 is 32.1 Å². The number of rotatable bonds is 6. The molecule has 0 aromatic heterocycles. The Balaban J connectivity index is 1.91. The van der Waals surface area contributed by atoms with E-state index in [-0.39, 0.29) is 23.3 Å². The zero-order valence-electron chi connectivity index (χ0n) is 15.6. The van der Waals surface area contributed by atoms with E-state index in [1.165, 1.54) is 29.9 Å². The third-order valence-electron chi connectivity index (χ3n) is 5.07. The maximum atomic E-state index is 12.8. The molecular formula is C18H23N2O6S+. The van der Waals surface area contributed by atoms with Crippen LogP contribution in [0.25, 0.3) is 0 Å². The smallest absolute Gasteiger partial charge is 0.463 e. The monoisotopic (exact) mass is 395 g/mol. The summed E-state index contributed by atoms with van der Waals surface area (Å²) in [4.78, 5) is 37.7. The van der Waals surface area contributed by atoms with Crippen LogP contribution in [-0.2, 0) is 24.2 Å². The molecule has 1 fully saturated rings. The molecule has 8 nitrogen and oxygen atoms in total. The molecule has 0 aromatic rings. The first-order chi connectivity index (χ1) is 12.6. The van der Waals surface area contributed by atoms with Crippen molar-refractivity contribution in [2.75, 3.05) is 26.0 Å². The molecule has 0 N–H and O–H groups in total. The van der Waals surface area contributed by atoms with Crippen molar-refractivity contribution >= 4 is 33.5 Å². The number of amides is 3. The quantitative estimate of drug-likeness (QED) is 0.484.